The van der Waals surface area contributed by atoms with Crippen LogP contribution in [0.5, 0.6) is 5.75 Å². The molecule has 1 aromatic carbocycles. The van der Waals surface area contributed by atoms with Crippen LogP contribution in [-0.4, -0.2) is 63.5 Å². The van der Waals surface area contributed by atoms with E-state index < -0.39 is 0 Å². The molecule has 0 bridgehead atoms. The summed E-state index contributed by atoms with van der Waals surface area (Å²) in [7, 11) is 0. The molecule has 0 atom stereocenters. The number of aliphatic imine (C=N–C) groups is 1. The van der Waals surface area contributed by atoms with E-state index in [-0.39, 0.29) is 24.0 Å². The molecule has 0 saturated carbocycles. The molecular weight excluding hydrogens is 537 g/mol. The number of guanidine groups is 1. The van der Waals surface area contributed by atoms with Crippen molar-refractivity contribution < 1.29 is 5.11 Å². The van der Waals surface area contributed by atoms with Gasteiger partial charge in [-0.1, -0.05) is 25.1 Å². The van der Waals surface area contributed by atoms with E-state index in [4.69, 9.17) is 4.99 Å². The molecule has 2 aromatic heterocycles. The zero-order valence-corrected chi connectivity index (χ0v) is 21.4. The molecule has 3 aromatic rings. The average Bonchev–Trinajstić information content (AvgIpc) is 3.48. The van der Waals surface area contributed by atoms with E-state index in [0.29, 0.717) is 12.3 Å². The molecule has 4 rings (SSSR count). The van der Waals surface area contributed by atoms with Crippen molar-refractivity contribution in [1.29, 1.82) is 0 Å². The van der Waals surface area contributed by atoms with Gasteiger partial charge in [0.05, 0.1) is 12.2 Å². The normalized spacial score (nSPS) is 14.3. The molecular formula is C22H30IN7OS. The standard InChI is InChI=1S/C22H29N7OS.HI/c1-2-21-26-25-17-29(21)10-9-23-22(24-16-18-6-5-15-31-18)28-13-11-27(12-14-28)19-7-3-4-8-20(19)30;/h3-8,15,17,30H,2,9-14,16H2,1H3,(H,23,24);1H. The Morgan fingerprint density at radius 1 is 1.16 bits per heavy atom. The number of piperazine rings is 1. The lowest BCUT2D eigenvalue weighted by Gasteiger charge is -2.38. The van der Waals surface area contributed by atoms with Gasteiger partial charge in [-0.15, -0.1) is 45.5 Å². The Kier molecular flexibility index (Phi) is 9.15. The molecule has 172 valence electrons. The van der Waals surface area contributed by atoms with E-state index in [1.54, 1.807) is 23.7 Å². The minimum Gasteiger partial charge on any atom is -0.506 e. The summed E-state index contributed by atoms with van der Waals surface area (Å²) in [6, 6.07) is 11.7. The summed E-state index contributed by atoms with van der Waals surface area (Å²) < 4.78 is 2.08. The number of aromatic hydroxyl groups is 1. The Balaban J connectivity index is 0.00000289. The Labute approximate surface area is 210 Å². The quantitative estimate of drug-likeness (QED) is 0.260. The molecule has 1 saturated heterocycles. The molecule has 0 radical (unpaired) electrons. The molecule has 1 aliphatic rings. The Hall–Kier alpha value is -2.34. The minimum absolute atomic E-state index is 0. The van der Waals surface area contributed by atoms with Gasteiger partial charge in [-0.2, -0.15) is 0 Å². The predicted octanol–water partition coefficient (Wildman–Crippen LogP) is 3.19. The number of aryl methyl sites for hydroxylation is 1. The second-order valence-electron chi connectivity index (χ2n) is 7.40. The van der Waals surface area contributed by atoms with Gasteiger partial charge >= 0.3 is 0 Å². The molecule has 1 aliphatic heterocycles. The zero-order chi connectivity index (χ0) is 21.5. The number of para-hydroxylation sites is 2. The summed E-state index contributed by atoms with van der Waals surface area (Å²) in [6.45, 7) is 7.68. The fraction of sp³-hybridized carbons (Fsp3) is 0.409. The predicted molar refractivity (Wildman–Crippen MR) is 140 cm³/mol. The SMILES string of the molecule is CCc1nncn1CCNC(=NCc1cccs1)N1CCN(c2ccccc2O)CC1.I. The molecule has 1 fully saturated rings. The summed E-state index contributed by atoms with van der Waals surface area (Å²) in [5.41, 5.74) is 0.895. The smallest absolute Gasteiger partial charge is 0.194 e. The van der Waals surface area contributed by atoms with Crippen LogP contribution in [0.2, 0.25) is 0 Å². The minimum atomic E-state index is 0. The van der Waals surface area contributed by atoms with Gasteiger partial charge in [0.1, 0.15) is 17.9 Å². The van der Waals surface area contributed by atoms with Gasteiger partial charge in [0.2, 0.25) is 0 Å². The highest BCUT2D eigenvalue weighted by atomic mass is 127. The average molecular weight is 568 g/mol. The lowest BCUT2D eigenvalue weighted by atomic mass is 10.2. The summed E-state index contributed by atoms with van der Waals surface area (Å²) in [5, 5.41) is 24.0. The summed E-state index contributed by atoms with van der Waals surface area (Å²) >= 11 is 1.73. The largest absolute Gasteiger partial charge is 0.506 e. The van der Waals surface area contributed by atoms with E-state index in [9.17, 15) is 5.11 Å². The molecule has 0 unspecified atom stereocenters. The topological polar surface area (TPSA) is 81.8 Å². The van der Waals surface area contributed by atoms with Gasteiger partial charge in [0.25, 0.3) is 0 Å². The van der Waals surface area contributed by atoms with Crippen LogP contribution in [0.4, 0.5) is 5.69 Å². The first-order chi connectivity index (χ1) is 15.2. The number of benzene rings is 1. The lowest BCUT2D eigenvalue weighted by molar-refractivity contribution is 0.368. The maximum atomic E-state index is 10.2. The van der Waals surface area contributed by atoms with Crippen LogP contribution >= 0.6 is 35.3 Å². The van der Waals surface area contributed by atoms with Crippen LogP contribution in [0.25, 0.3) is 0 Å². The van der Waals surface area contributed by atoms with Gasteiger partial charge in [-0.05, 0) is 23.6 Å². The molecule has 2 N–H and O–H groups in total. The van der Waals surface area contributed by atoms with Gasteiger partial charge in [0.15, 0.2) is 5.96 Å². The number of phenolic OH excluding ortho intramolecular Hbond substituents is 1. The van der Waals surface area contributed by atoms with Crippen LogP contribution in [0.1, 0.15) is 17.6 Å². The highest BCUT2D eigenvalue weighted by molar-refractivity contribution is 14.0. The number of hydrogen-bond donors (Lipinski definition) is 2. The van der Waals surface area contributed by atoms with Crippen molar-refractivity contribution >= 4 is 47.0 Å². The number of aromatic nitrogens is 3. The van der Waals surface area contributed by atoms with Crippen molar-refractivity contribution in [2.45, 2.75) is 26.4 Å². The van der Waals surface area contributed by atoms with Crippen molar-refractivity contribution in [3.05, 3.63) is 58.8 Å². The molecule has 0 spiro atoms. The van der Waals surface area contributed by atoms with Crippen LogP contribution in [0.3, 0.4) is 0 Å². The van der Waals surface area contributed by atoms with Crippen molar-refractivity contribution in [2.75, 3.05) is 37.6 Å². The highest BCUT2D eigenvalue weighted by Gasteiger charge is 2.21. The number of halogens is 1. The molecule has 3 heterocycles. The molecule has 0 amide bonds. The first-order valence-electron chi connectivity index (χ1n) is 10.7. The van der Waals surface area contributed by atoms with Gasteiger partial charge in [0, 0.05) is 50.6 Å². The van der Waals surface area contributed by atoms with Crippen molar-refractivity contribution in [2.24, 2.45) is 4.99 Å². The maximum absolute atomic E-state index is 10.2. The molecule has 10 heteroatoms. The van der Waals surface area contributed by atoms with Gasteiger partial charge < -0.3 is 24.8 Å². The third-order valence-corrected chi connectivity index (χ3v) is 6.28. The van der Waals surface area contributed by atoms with Gasteiger partial charge in [-0.3, -0.25) is 0 Å². The fourth-order valence-electron chi connectivity index (χ4n) is 3.74. The summed E-state index contributed by atoms with van der Waals surface area (Å²) in [5.74, 6) is 2.26. The van der Waals surface area contributed by atoms with E-state index >= 15 is 0 Å². The van der Waals surface area contributed by atoms with Crippen LogP contribution in [-0.2, 0) is 19.5 Å². The number of nitrogens with one attached hydrogen (secondary N) is 1. The van der Waals surface area contributed by atoms with E-state index in [1.165, 1.54) is 4.88 Å². The lowest BCUT2D eigenvalue weighted by Crippen LogP contribution is -2.53. The number of anilines is 1. The number of hydrogen-bond acceptors (Lipinski definition) is 6. The second-order valence-corrected chi connectivity index (χ2v) is 8.44. The van der Waals surface area contributed by atoms with E-state index in [1.807, 2.05) is 18.2 Å². The highest BCUT2D eigenvalue weighted by Crippen LogP contribution is 2.27. The fourth-order valence-corrected chi connectivity index (χ4v) is 4.37. The Morgan fingerprint density at radius 2 is 1.97 bits per heavy atom. The number of thiophene rings is 1. The molecule has 0 aliphatic carbocycles. The van der Waals surface area contributed by atoms with Gasteiger partial charge in [-0.25, -0.2) is 4.99 Å². The maximum Gasteiger partial charge on any atom is 0.194 e. The first-order valence-corrected chi connectivity index (χ1v) is 11.6. The third-order valence-electron chi connectivity index (χ3n) is 5.41. The summed E-state index contributed by atoms with van der Waals surface area (Å²) in [4.78, 5) is 10.7. The second kappa shape index (κ2) is 12.0. The Bertz CT molecular complexity index is 984. The summed E-state index contributed by atoms with van der Waals surface area (Å²) in [6.07, 6.45) is 2.65. The first kappa shape index (κ1) is 24.3. The molecule has 8 nitrogen and oxygen atoms in total. The number of rotatable bonds is 7. The number of phenols is 1. The monoisotopic (exact) mass is 567 g/mol. The third kappa shape index (κ3) is 6.12. The van der Waals surface area contributed by atoms with Crippen molar-refractivity contribution in [3.63, 3.8) is 0 Å². The van der Waals surface area contributed by atoms with Crippen LogP contribution in [0.15, 0.2) is 53.1 Å². The molecule has 32 heavy (non-hydrogen) atoms. The van der Waals surface area contributed by atoms with E-state index in [2.05, 4.69) is 54.3 Å². The Morgan fingerprint density at radius 3 is 2.69 bits per heavy atom. The number of nitrogens with zero attached hydrogens (tertiary/aromatic N) is 6. The van der Waals surface area contributed by atoms with Crippen molar-refractivity contribution in [1.82, 2.24) is 25.0 Å². The zero-order valence-electron chi connectivity index (χ0n) is 18.2. The van der Waals surface area contributed by atoms with E-state index in [0.717, 1.165) is 63.2 Å². The van der Waals surface area contributed by atoms with Crippen LogP contribution in [0, 0.1) is 0 Å². The van der Waals surface area contributed by atoms with Crippen LogP contribution < -0.4 is 10.2 Å². The van der Waals surface area contributed by atoms with Crippen molar-refractivity contribution in [3.8, 4) is 5.75 Å².